The van der Waals surface area contributed by atoms with E-state index in [1.54, 1.807) is 54.6 Å². The molecule has 0 atom stereocenters. The predicted molar refractivity (Wildman–Crippen MR) is 125 cm³/mol. The quantitative estimate of drug-likeness (QED) is 0.352. The number of carbonyl (C=O) groups is 2. The second-order valence-electron chi connectivity index (χ2n) is 7.23. The Bertz CT molecular complexity index is 1390. The molecular weight excluding hydrogens is 440 g/mol. The van der Waals surface area contributed by atoms with Crippen molar-refractivity contribution in [3.63, 3.8) is 0 Å². The number of amides is 1. The fourth-order valence-electron chi connectivity index (χ4n) is 3.26. The number of nitrogens with zero attached hydrogens (tertiary/aromatic N) is 3. The van der Waals surface area contributed by atoms with Crippen LogP contribution in [0.25, 0.3) is 6.08 Å². The SMILES string of the molecule is Cc1cccc(C(=O)Oc2cccc(/C=C3/C(=N)N4N=C(c5ccco5)SC4=NC3=O)c2)c1. The van der Waals surface area contributed by atoms with E-state index in [0.717, 1.165) is 17.3 Å². The van der Waals surface area contributed by atoms with E-state index in [9.17, 15) is 9.59 Å². The van der Waals surface area contributed by atoms with E-state index in [0.29, 0.717) is 32.8 Å². The Morgan fingerprint density at radius 2 is 2.00 bits per heavy atom. The van der Waals surface area contributed by atoms with Gasteiger partial charge in [-0.3, -0.25) is 10.2 Å². The lowest BCUT2D eigenvalue weighted by Gasteiger charge is -2.20. The van der Waals surface area contributed by atoms with Crippen molar-refractivity contribution in [3.05, 3.63) is 95.0 Å². The number of hydrogen-bond donors (Lipinski definition) is 1. The molecule has 5 rings (SSSR count). The maximum atomic E-state index is 12.6. The van der Waals surface area contributed by atoms with Crippen LogP contribution in [0.4, 0.5) is 0 Å². The molecule has 162 valence electrons. The van der Waals surface area contributed by atoms with Crippen LogP contribution < -0.4 is 4.74 Å². The van der Waals surface area contributed by atoms with Crippen LogP contribution in [0.3, 0.4) is 0 Å². The number of hydrogen-bond acceptors (Lipinski definition) is 7. The Hall–Kier alpha value is -4.24. The summed E-state index contributed by atoms with van der Waals surface area (Å²) in [5.41, 5.74) is 2.06. The van der Waals surface area contributed by atoms with E-state index in [-0.39, 0.29) is 11.4 Å². The van der Waals surface area contributed by atoms with E-state index < -0.39 is 11.9 Å². The van der Waals surface area contributed by atoms with Gasteiger partial charge in [0.15, 0.2) is 16.6 Å². The first kappa shape index (κ1) is 20.7. The molecular formula is C24H16N4O4S. The molecule has 33 heavy (non-hydrogen) atoms. The van der Waals surface area contributed by atoms with Gasteiger partial charge in [0.05, 0.1) is 17.4 Å². The summed E-state index contributed by atoms with van der Waals surface area (Å²) < 4.78 is 10.8. The van der Waals surface area contributed by atoms with E-state index in [1.165, 1.54) is 17.3 Å². The normalized spacial score (nSPS) is 16.5. The number of furan rings is 1. The maximum absolute atomic E-state index is 12.6. The van der Waals surface area contributed by atoms with Crippen molar-refractivity contribution >= 4 is 45.8 Å². The molecule has 0 aliphatic carbocycles. The minimum Gasteiger partial charge on any atom is -0.462 e. The molecule has 0 saturated heterocycles. The van der Waals surface area contributed by atoms with Gasteiger partial charge in [0.1, 0.15) is 5.75 Å². The Labute approximate surface area is 192 Å². The van der Waals surface area contributed by atoms with Gasteiger partial charge in [-0.25, -0.2) is 4.79 Å². The van der Waals surface area contributed by atoms with Crippen molar-refractivity contribution in [2.75, 3.05) is 0 Å². The molecule has 0 spiro atoms. The molecule has 0 bridgehead atoms. The van der Waals surface area contributed by atoms with Crippen molar-refractivity contribution in [2.24, 2.45) is 10.1 Å². The van der Waals surface area contributed by atoms with Crippen molar-refractivity contribution < 1.29 is 18.7 Å². The summed E-state index contributed by atoms with van der Waals surface area (Å²) in [6.07, 6.45) is 3.05. The second-order valence-corrected chi connectivity index (χ2v) is 8.19. The summed E-state index contributed by atoms with van der Waals surface area (Å²) in [5, 5.41) is 15.0. The fraction of sp³-hybridized carbons (Fsp3) is 0.0417. The molecule has 0 unspecified atom stereocenters. The van der Waals surface area contributed by atoms with Crippen molar-refractivity contribution in [1.29, 1.82) is 5.41 Å². The zero-order valence-electron chi connectivity index (χ0n) is 17.3. The Balaban J connectivity index is 1.39. The number of ether oxygens (including phenoxy) is 1. The van der Waals surface area contributed by atoms with Crippen LogP contribution in [0.1, 0.15) is 27.2 Å². The number of carbonyl (C=O) groups excluding carboxylic acids is 2. The molecule has 0 saturated carbocycles. The van der Waals surface area contributed by atoms with Gasteiger partial charge in [0.25, 0.3) is 5.91 Å². The van der Waals surface area contributed by atoms with Gasteiger partial charge in [0, 0.05) is 0 Å². The first-order chi connectivity index (χ1) is 16.0. The van der Waals surface area contributed by atoms with Gasteiger partial charge in [-0.2, -0.15) is 15.1 Å². The van der Waals surface area contributed by atoms with Crippen LogP contribution in [0.5, 0.6) is 5.75 Å². The number of aliphatic imine (C=N–C) groups is 1. The molecule has 3 aromatic rings. The minimum absolute atomic E-state index is 0.0750. The van der Waals surface area contributed by atoms with Gasteiger partial charge in [-0.1, -0.05) is 29.8 Å². The number of amidine groups is 2. The number of nitrogens with one attached hydrogen (secondary N) is 1. The van der Waals surface area contributed by atoms with Crippen molar-refractivity contribution in [1.82, 2.24) is 5.01 Å². The third-order valence-corrected chi connectivity index (χ3v) is 5.74. The molecule has 9 heteroatoms. The molecule has 0 radical (unpaired) electrons. The molecule has 2 aliphatic rings. The lowest BCUT2D eigenvalue weighted by molar-refractivity contribution is -0.114. The van der Waals surface area contributed by atoms with E-state index in [2.05, 4.69) is 10.1 Å². The van der Waals surface area contributed by atoms with Crippen LogP contribution >= 0.6 is 11.8 Å². The van der Waals surface area contributed by atoms with Gasteiger partial charge >= 0.3 is 5.97 Å². The fourth-order valence-corrected chi connectivity index (χ4v) is 4.12. The number of aryl methyl sites for hydroxylation is 1. The summed E-state index contributed by atoms with van der Waals surface area (Å²) >= 11 is 1.16. The molecule has 0 fully saturated rings. The maximum Gasteiger partial charge on any atom is 0.343 e. The molecule has 3 heterocycles. The average molecular weight is 456 g/mol. The Morgan fingerprint density at radius 1 is 1.15 bits per heavy atom. The van der Waals surface area contributed by atoms with Crippen LogP contribution in [0, 0.1) is 12.3 Å². The highest BCUT2D eigenvalue weighted by molar-refractivity contribution is 8.27. The van der Waals surface area contributed by atoms with E-state index in [1.807, 2.05) is 13.0 Å². The van der Waals surface area contributed by atoms with Gasteiger partial charge in [-0.15, -0.1) is 0 Å². The average Bonchev–Trinajstić information content (AvgIpc) is 3.47. The molecule has 1 amide bonds. The van der Waals surface area contributed by atoms with Gasteiger partial charge in [-0.05, 0) is 66.7 Å². The van der Waals surface area contributed by atoms with Crippen LogP contribution in [-0.4, -0.2) is 32.9 Å². The summed E-state index contributed by atoms with van der Waals surface area (Å²) in [5.74, 6) is -0.262. The zero-order chi connectivity index (χ0) is 22.9. The van der Waals surface area contributed by atoms with Crippen LogP contribution in [0.2, 0.25) is 0 Å². The number of hydrazone groups is 1. The van der Waals surface area contributed by atoms with E-state index >= 15 is 0 Å². The number of rotatable bonds is 4. The molecule has 2 aliphatic heterocycles. The van der Waals surface area contributed by atoms with Gasteiger partial charge in [0.2, 0.25) is 5.17 Å². The molecule has 1 aromatic heterocycles. The van der Waals surface area contributed by atoms with Crippen molar-refractivity contribution in [2.45, 2.75) is 6.92 Å². The largest absolute Gasteiger partial charge is 0.462 e. The first-order valence-electron chi connectivity index (χ1n) is 9.91. The predicted octanol–water partition coefficient (Wildman–Crippen LogP) is 4.47. The first-order valence-corrected chi connectivity index (χ1v) is 10.7. The standard InChI is InChI=1S/C24H16N4O4S/c1-14-5-2-7-16(11-14)23(30)32-17-8-3-6-15(12-17)13-18-20(25)28-24(26-21(18)29)33-22(27-28)19-9-4-10-31-19/h2-13,25H,1H3/b18-13-,25-20?. The topological polar surface area (TPSA) is 108 Å². The van der Waals surface area contributed by atoms with Crippen LogP contribution in [0.15, 0.2) is 87.0 Å². The number of fused-ring (bicyclic) bond motifs is 1. The highest BCUT2D eigenvalue weighted by atomic mass is 32.2. The lowest BCUT2D eigenvalue weighted by atomic mass is 10.1. The summed E-state index contributed by atoms with van der Waals surface area (Å²) in [6.45, 7) is 1.90. The highest BCUT2D eigenvalue weighted by Crippen LogP contribution is 2.31. The lowest BCUT2D eigenvalue weighted by Crippen LogP contribution is -2.35. The number of benzene rings is 2. The Kier molecular flexibility index (Phi) is 5.23. The monoisotopic (exact) mass is 456 g/mol. The second kappa shape index (κ2) is 8.36. The third-order valence-electron chi connectivity index (χ3n) is 4.82. The number of esters is 1. The van der Waals surface area contributed by atoms with Crippen LogP contribution in [-0.2, 0) is 4.79 Å². The highest BCUT2D eigenvalue weighted by Gasteiger charge is 2.36. The Morgan fingerprint density at radius 3 is 2.79 bits per heavy atom. The zero-order valence-corrected chi connectivity index (χ0v) is 18.1. The summed E-state index contributed by atoms with van der Waals surface area (Å²) in [6, 6.07) is 17.3. The van der Waals surface area contributed by atoms with E-state index in [4.69, 9.17) is 14.6 Å². The molecule has 8 nitrogen and oxygen atoms in total. The molecule has 2 aromatic carbocycles. The summed E-state index contributed by atoms with van der Waals surface area (Å²) in [4.78, 5) is 29.1. The molecule has 1 N–H and O–H groups in total. The third kappa shape index (κ3) is 4.13. The van der Waals surface area contributed by atoms with Crippen molar-refractivity contribution in [3.8, 4) is 5.75 Å². The minimum atomic E-state index is -0.545. The number of thioether (sulfide) groups is 1. The van der Waals surface area contributed by atoms with Gasteiger partial charge < -0.3 is 9.15 Å². The smallest absolute Gasteiger partial charge is 0.343 e. The summed E-state index contributed by atoms with van der Waals surface area (Å²) in [7, 11) is 0.